The monoisotopic (exact) mass is 337 g/mol. The number of amides is 1. The minimum atomic E-state index is -3.01. The highest BCUT2D eigenvalue weighted by Gasteiger charge is 2.28. The Morgan fingerprint density at radius 3 is 2.43 bits per heavy atom. The van der Waals surface area contributed by atoms with E-state index >= 15 is 0 Å². The Balaban J connectivity index is 1.78. The van der Waals surface area contributed by atoms with Gasteiger partial charge in [0.1, 0.15) is 0 Å². The highest BCUT2D eigenvalue weighted by molar-refractivity contribution is 7.91. The van der Waals surface area contributed by atoms with Crippen LogP contribution in [0.15, 0.2) is 24.3 Å². The van der Waals surface area contributed by atoms with E-state index in [1.54, 1.807) is 12.1 Å². The summed E-state index contributed by atoms with van der Waals surface area (Å²) in [5.74, 6) is -0.197. The van der Waals surface area contributed by atoms with Crippen LogP contribution in [0.3, 0.4) is 0 Å². The minimum Gasteiger partial charge on any atom is -0.352 e. The molecule has 6 heteroatoms. The van der Waals surface area contributed by atoms with Gasteiger partial charge in [-0.1, -0.05) is 37.6 Å². The lowest BCUT2D eigenvalue weighted by Gasteiger charge is -2.10. The lowest BCUT2D eigenvalue weighted by Crippen LogP contribution is -2.35. The van der Waals surface area contributed by atoms with Gasteiger partial charge in [-0.2, -0.15) is 0 Å². The molecule has 126 valence electrons. The van der Waals surface area contributed by atoms with Crippen LogP contribution in [0.1, 0.15) is 48.5 Å². The van der Waals surface area contributed by atoms with Crippen LogP contribution < -0.4 is 5.32 Å². The highest BCUT2D eigenvalue weighted by Crippen LogP contribution is 2.13. The third kappa shape index (κ3) is 5.46. The van der Waals surface area contributed by atoms with Crippen molar-refractivity contribution in [2.75, 3.05) is 11.5 Å². The maximum absolute atomic E-state index is 12.1. The predicted molar refractivity (Wildman–Crippen MR) is 89.2 cm³/mol. The molecule has 0 aromatic heterocycles. The van der Waals surface area contributed by atoms with Gasteiger partial charge < -0.3 is 5.32 Å². The second-order valence-corrected chi connectivity index (χ2v) is 8.27. The fourth-order valence-electron chi connectivity index (χ4n) is 2.73. The first-order chi connectivity index (χ1) is 10.9. The lowest BCUT2D eigenvalue weighted by molar-refractivity contribution is -0.121. The van der Waals surface area contributed by atoms with Crippen LogP contribution in [0.5, 0.6) is 0 Å². The largest absolute Gasteiger partial charge is 0.352 e. The number of ketones is 1. The number of sulfone groups is 1. The van der Waals surface area contributed by atoms with Gasteiger partial charge in [-0.25, -0.2) is 8.42 Å². The summed E-state index contributed by atoms with van der Waals surface area (Å²) in [4.78, 5) is 23.9. The van der Waals surface area contributed by atoms with Crippen molar-refractivity contribution in [3.63, 3.8) is 0 Å². The van der Waals surface area contributed by atoms with Gasteiger partial charge in [0.25, 0.3) is 0 Å². The fourth-order valence-corrected chi connectivity index (χ4v) is 4.40. The van der Waals surface area contributed by atoms with Gasteiger partial charge in [-0.05, 0) is 18.4 Å². The van der Waals surface area contributed by atoms with Crippen LogP contribution in [-0.4, -0.2) is 37.7 Å². The molecule has 1 fully saturated rings. The second-order valence-electron chi connectivity index (χ2n) is 6.04. The van der Waals surface area contributed by atoms with E-state index in [9.17, 15) is 18.0 Å². The molecule has 1 aromatic rings. The van der Waals surface area contributed by atoms with Crippen LogP contribution in [0, 0.1) is 0 Å². The lowest BCUT2D eigenvalue weighted by atomic mass is 10.0. The van der Waals surface area contributed by atoms with Crippen molar-refractivity contribution in [1.82, 2.24) is 5.32 Å². The Bertz CT molecular complexity index is 664. The number of carbonyl (C=O) groups excluding carboxylic acids is 2. The topological polar surface area (TPSA) is 80.3 Å². The Kier molecular flexibility index (Phi) is 5.93. The molecule has 0 aliphatic carbocycles. The molecular weight excluding hydrogens is 314 g/mol. The molecule has 0 bridgehead atoms. The van der Waals surface area contributed by atoms with Crippen molar-refractivity contribution in [3.05, 3.63) is 35.4 Å². The van der Waals surface area contributed by atoms with Gasteiger partial charge in [-0.15, -0.1) is 0 Å². The SMILES string of the molecule is CCCc1ccc(C(=O)CCC(=O)N[C@H]2CCS(=O)(=O)C2)cc1. The maximum Gasteiger partial charge on any atom is 0.220 e. The average Bonchev–Trinajstić information content (AvgIpc) is 2.84. The molecule has 23 heavy (non-hydrogen) atoms. The van der Waals surface area contributed by atoms with E-state index in [1.807, 2.05) is 12.1 Å². The first kappa shape index (κ1) is 17.7. The highest BCUT2D eigenvalue weighted by atomic mass is 32.2. The number of benzene rings is 1. The summed E-state index contributed by atoms with van der Waals surface area (Å²) in [6.45, 7) is 2.10. The Labute approximate surface area is 137 Å². The zero-order valence-corrected chi connectivity index (χ0v) is 14.2. The van der Waals surface area contributed by atoms with E-state index in [-0.39, 0.29) is 42.1 Å². The maximum atomic E-state index is 12.1. The number of hydrogen-bond acceptors (Lipinski definition) is 4. The average molecular weight is 337 g/mol. The summed E-state index contributed by atoms with van der Waals surface area (Å²) in [5.41, 5.74) is 1.81. The van der Waals surface area contributed by atoms with Crippen molar-refractivity contribution in [3.8, 4) is 0 Å². The third-order valence-electron chi connectivity index (χ3n) is 3.99. The van der Waals surface area contributed by atoms with Crippen molar-refractivity contribution in [2.24, 2.45) is 0 Å². The molecule has 1 saturated heterocycles. The molecule has 1 aliphatic rings. The van der Waals surface area contributed by atoms with Crippen molar-refractivity contribution < 1.29 is 18.0 Å². The van der Waals surface area contributed by atoms with E-state index in [4.69, 9.17) is 0 Å². The quantitative estimate of drug-likeness (QED) is 0.771. The Hall–Kier alpha value is -1.69. The first-order valence-electron chi connectivity index (χ1n) is 8.01. The fraction of sp³-hybridized carbons (Fsp3) is 0.529. The third-order valence-corrected chi connectivity index (χ3v) is 5.76. The first-order valence-corrected chi connectivity index (χ1v) is 9.83. The molecule has 1 atom stereocenters. The summed E-state index contributed by atoms with van der Waals surface area (Å²) < 4.78 is 22.7. The summed E-state index contributed by atoms with van der Waals surface area (Å²) in [7, 11) is -3.01. The Morgan fingerprint density at radius 1 is 1.17 bits per heavy atom. The van der Waals surface area contributed by atoms with E-state index in [0.717, 1.165) is 12.8 Å². The molecule has 1 amide bonds. The molecule has 5 nitrogen and oxygen atoms in total. The molecule has 1 N–H and O–H groups in total. The number of aryl methyl sites for hydroxylation is 1. The number of nitrogens with one attached hydrogen (secondary N) is 1. The molecule has 0 radical (unpaired) electrons. The molecule has 0 unspecified atom stereocenters. The number of rotatable bonds is 7. The van der Waals surface area contributed by atoms with Gasteiger partial charge in [0.15, 0.2) is 15.6 Å². The second kappa shape index (κ2) is 7.73. The smallest absolute Gasteiger partial charge is 0.220 e. The van der Waals surface area contributed by atoms with Gasteiger partial charge in [0, 0.05) is 24.4 Å². The summed E-state index contributed by atoms with van der Waals surface area (Å²) in [5, 5.41) is 2.70. The minimum absolute atomic E-state index is 0.00553. The van der Waals surface area contributed by atoms with Crippen LogP contribution in [0.4, 0.5) is 0 Å². The molecule has 0 saturated carbocycles. The Morgan fingerprint density at radius 2 is 1.87 bits per heavy atom. The number of hydrogen-bond donors (Lipinski definition) is 1. The van der Waals surface area contributed by atoms with Gasteiger partial charge in [0.05, 0.1) is 11.5 Å². The molecule has 1 aliphatic heterocycles. The zero-order chi connectivity index (χ0) is 16.9. The number of Topliss-reactive ketones (excluding diaryl/α,β-unsaturated/α-hetero) is 1. The molecule has 0 spiro atoms. The van der Waals surface area contributed by atoms with Crippen LogP contribution in [0.25, 0.3) is 0 Å². The van der Waals surface area contributed by atoms with E-state index in [1.165, 1.54) is 5.56 Å². The van der Waals surface area contributed by atoms with Crippen LogP contribution in [0.2, 0.25) is 0 Å². The zero-order valence-electron chi connectivity index (χ0n) is 13.4. The van der Waals surface area contributed by atoms with Gasteiger partial charge >= 0.3 is 0 Å². The predicted octanol–water partition coefficient (Wildman–Crippen LogP) is 1.91. The molecule has 2 rings (SSSR count). The van der Waals surface area contributed by atoms with E-state index in [0.29, 0.717) is 12.0 Å². The van der Waals surface area contributed by atoms with Crippen LogP contribution >= 0.6 is 0 Å². The van der Waals surface area contributed by atoms with Gasteiger partial charge in [-0.3, -0.25) is 9.59 Å². The van der Waals surface area contributed by atoms with E-state index < -0.39 is 9.84 Å². The van der Waals surface area contributed by atoms with Crippen molar-refractivity contribution >= 4 is 21.5 Å². The number of carbonyl (C=O) groups is 2. The molecular formula is C17H23NO4S. The molecule has 1 aromatic carbocycles. The van der Waals surface area contributed by atoms with Crippen molar-refractivity contribution in [2.45, 2.75) is 45.1 Å². The van der Waals surface area contributed by atoms with Crippen LogP contribution in [-0.2, 0) is 21.1 Å². The van der Waals surface area contributed by atoms with E-state index in [2.05, 4.69) is 12.2 Å². The van der Waals surface area contributed by atoms with Gasteiger partial charge in [0.2, 0.25) is 5.91 Å². The summed E-state index contributed by atoms with van der Waals surface area (Å²) >= 11 is 0. The normalized spacial score (nSPS) is 19.4. The molecule has 1 heterocycles. The summed E-state index contributed by atoms with van der Waals surface area (Å²) in [6.07, 6.45) is 2.73. The standard InChI is InChI=1S/C17H23NO4S/c1-2-3-13-4-6-14(7-5-13)16(19)8-9-17(20)18-15-10-11-23(21,22)12-15/h4-7,15H,2-3,8-12H2,1H3,(H,18,20)/t15-/m0/s1. The van der Waals surface area contributed by atoms with Crippen molar-refractivity contribution in [1.29, 1.82) is 0 Å². The summed E-state index contributed by atoms with van der Waals surface area (Å²) in [6, 6.07) is 7.18.